The molecule has 3 nitrogen and oxygen atoms in total. The topological polar surface area (TPSA) is 32.3 Å². The van der Waals surface area contributed by atoms with E-state index in [2.05, 4.69) is 17.1 Å². The Morgan fingerprint density at radius 1 is 1.40 bits per heavy atom. The zero-order valence-electron chi connectivity index (χ0n) is 12.2. The first-order valence-electron chi connectivity index (χ1n) is 7.35. The molecule has 1 N–H and O–H groups in total. The molecule has 2 rings (SSSR count). The molecule has 2 atom stereocenters. The lowest BCUT2D eigenvalue weighted by Crippen LogP contribution is -2.44. The molecule has 1 saturated heterocycles. The highest BCUT2D eigenvalue weighted by Crippen LogP contribution is 2.17. The number of nitrogens with one attached hydrogen (secondary N) is 1. The number of nitrogens with zero attached hydrogens (tertiary/aromatic N) is 1. The van der Waals surface area contributed by atoms with E-state index in [4.69, 9.17) is 11.6 Å². The van der Waals surface area contributed by atoms with Crippen LogP contribution in [0.4, 0.5) is 0 Å². The molecule has 1 aromatic rings. The molecule has 1 fully saturated rings. The van der Waals surface area contributed by atoms with Crippen molar-refractivity contribution in [3.05, 3.63) is 34.9 Å². The van der Waals surface area contributed by atoms with Gasteiger partial charge in [-0.05, 0) is 50.9 Å². The van der Waals surface area contributed by atoms with Crippen molar-refractivity contribution >= 4 is 17.5 Å². The van der Waals surface area contributed by atoms with Crippen molar-refractivity contribution < 1.29 is 4.79 Å². The second-order valence-electron chi connectivity index (χ2n) is 5.66. The standard InChI is InChI=1S/C16H23ClN2O/c1-12-5-3-4-10-19(12)11-16(20)18-13(2)14-6-8-15(17)9-7-14/h6-9,12-13H,3-5,10-11H2,1-2H3,(H,18,20). The van der Waals surface area contributed by atoms with Crippen molar-refractivity contribution in [2.45, 2.75) is 45.2 Å². The Hall–Kier alpha value is -1.06. The lowest BCUT2D eigenvalue weighted by atomic mass is 10.0. The van der Waals surface area contributed by atoms with Crippen molar-refractivity contribution in [2.24, 2.45) is 0 Å². The smallest absolute Gasteiger partial charge is 0.234 e. The summed E-state index contributed by atoms with van der Waals surface area (Å²) in [6, 6.07) is 8.15. The fourth-order valence-corrected chi connectivity index (χ4v) is 2.82. The second-order valence-corrected chi connectivity index (χ2v) is 6.09. The van der Waals surface area contributed by atoms with Gasteiger partial charge in [0.25, 0.3) is 0 Å². The third-order valence-electron chi connectivity index (χ3n) is 4.03. The Balaban J connectivity index is 1.85. The number of hydrogen-bond acceptors (Lipinski definition) is 2. The first-order valence-corrected chi connectivity index (χ1v) is 7.73. The van der Waals surface area contributed by atoms with Gasteiger partial charge in [0.2, 0.25) is 5.91 Å². The van der Waals surface area contributed by atoms with Crippen LogP contribution < -0.4 is 5.32 Å². The van der Waals surface area contributed by atoms with E-state index in [-0.39, 0.29) is 11.9 Å². The minimum Gasteiger partial charge on any atom is -0.348 e. The van der Waals surface area contributed by atoms with Gasteiger partial charge >= 0.3 is 0 Å². The zero-order chi connectivity index (χ0) is 14.5. The maximum absolute atomic E-state index is 12.1. The fraction of sp³-hybridized carbons (Fsp3) is 0.562. The van der Waals surface area contributed by atoms with Crippen molar-refractivity contribution in [3.8, 4) is 0 Å². The number of likely N-dealkylation sites (tertiary alicyclic amines) is 1. The summed E-state index contributed by atoms with van der Waals surface area (Å²) in [5.41, 5.74) is 1.08. The maximum Gasteiger partial charge on any atom is 0.234 e. The van der Waals surface area contributed by atoms with Gasteiger partial charge in [-0.1, -0.05) is 30.2 Å². The number of rotatable bonds is 4. The lowest BCUT2D eigenvalue weighted by molar-refractivity contribution is -0.123. The summed E-state index contributed by atoms with van der Waals surface area (Å²) in [5.74, 6) is 0.0983. The van der Waals surface area contributed by atoms with Crippen LogP contribution in [0.15, 0.2) is 24.3 Å². The molecule has 110 valence electrons. The van der Waals surface area contributed by atoms with E-state index in [0.29, 0.717) is 12.6 Å². The highest BCUT2D eigenvalue weighted by atomic mass is 35.5. The van der Waals surface area contributed by atoms with E-state index in [1.807, 2.05) is 31.2 Å². The average Bonchev–Trinajstić information content (AvgIpc) is 2.42. The van der Waals surface area contributed by atoms with Crippen LogP contribution in [0.25, 0.3) is 0 Å². The van der Waals surface area contributed by atoms with E-state index in [1.165, 1.54) is 19.3 Å². The number of benzene rings is 1. The molecule has 1 amide bonds. The average molecular weight is 295 g/mol. The van der Waals surface area contributed by atoms with Gasteiger partial charge in [0, 0.05) is 11.1 Å². The quantitative estimate of drug-likeness (QED) is 0.923. The first-order chi connectivity index (χ1) is 9.56. The molecule has 0 bridgehead atoms. The van der Waals surface area contributed by atoms with Crippen LogP contribution in [0, 0.1) is 0 Å². The molecule has 4 heteroatoms. The number of amides is 1. The predicted octanol–water partition coefficient (Wildman–Crippen LogP) is 3.39. The van der Waals surface area contributed by atoms with Gasteiger partial charge in [0.05, 0.1) is 12.6 Å². The molecule has 2 unspecified atom stereocenters. The molecule has 0 aliphatic carbocycles. The molecule has 1 aliphatic rings. The summed E-state index contributed by atoms with van der Waals surface area (Å²) < 4.78 is 0. The Morgan fingerprint density at radius 3 is 2.75 bits per heavy atom. The maximum atomic E-state index is 12.1. The van der Waals surface area contributed by atoms with Crippen LogP contribution in [-0.4, -0.2) is 29.9 Å². The minimum atomic E-state index is 0.0138. The molecule has 1 heterocycles. The molecular weight excluding hydrogens is 272 g/mol. The predicted molar refractivity (Wildman–Crippen MR) is 82.9 cm³/mol. The Morgan fingerprint density at radius 2 is 2.10 bits per heavy atom. The second kappa shape index (κ2) is 7.09. The number of halogens is 1. The molecule has 0 aromatic heterocycles. The molecule has 20 heavy (non-hydrogen) atoms. The Kier molecular flexibility index (Phi) is 5.44. The van der Waals surface area contributed by atoms with Crippen LogP contribution >= 0.6 is 11.6 Å². The van der Waals surface area contributed by atoms with Gasteiger partial charge in [-0.15, -0.1) is 0 Å². The SMILES string of the molecule is CC(NC(=O)CN1CCCCC1C)c1ccc(Cl)cc1. The fourth-order valence-electron chi connectivity index (χ4n) is 2.70. The summed E-state index contributed by atoms with van der Waals surface area (Å²) in [6.45, 7) is 5.73. The van der Waals surface area contributed by atoms with Crippen molar-refractivity contribution in [1.82, 2.24) is 10.2 Å². The van der Waals surface area contributed by atoms with Gasteiger partial charge in [-0.3, -0.25) is 9.69 Å². The number of hydrogen-bond donors (Lipinski definition) is 1. The molecule has 1 aliphatic heterocycles. The van der Waals surface area contributed by atoms with Crippen molar-refractivity contribution in [2.75, 3.05) is 13.1 Å². The highest BCUT2D eigenvalue weighted by molar-refractivity contribution is 6.30. The van der Waals surface area contributed by atoms with Crippen LogP contribution in [0.5, 0.6) is 0 Å². The highest BCUT2D eigenvalue weighted by Gasteiger charge is 2.21. The molecule has 1 aromatic carbocycles. The van der Waals surface area contributed by atoms with E-state index in [1.54, 1.807) is 0 Å². The van der Waals surface area contributed by atoms with Gasteiger partial charge in [-0.2, -0.15) is 0 Å². The van der Waals surface area contributed by atoms with Crippen molar-refractivity contribution in [1.29, 1.82) is 0 Å². The normalized spacial score (nSPS) is 21.4. The molecule has 0 saturated carbocycles. The zero-order valence-corrected chi connectivity index (χ0v) is 13.0. The molecule has 0 spiro atoms. The van der Waals surface area contributed by atoms with Gasteiger partial charge in [0.1, 0.15) is 0 Å². The summed E-state index contributed by atoms with van der Waals surface area (Å²) >= 11 is 5.87. The number of piperidine rings is 1. The summed E-state index contributed by atoms with van der Waals surface area (Å²) in [5, 5.41) is 3.78. The largest absolute Gasteiger partial charge is 0.348 e. The minimum absolute atomic E-state index is 0.0138. The van der Waals surface area contributed by atoms with Crippen molar-refractivity contribution in [3.63, 3.8) is 0 Å². The molecular formula is C16H23ClN2O. The Bertz CT molecular complexity index is 446. The van der Waals surface area contributed by atoms with Crippen LogP contribution in [0.2, 0.25) is 5.02 Å². The molecule has 0 radical (unpaired) electrons. The van der Waals surface area contributed by atoms with E-state index >= 15 is 0 Å². The third-order valence-corrected chi connectivity index (χ3v) is 4.29. The summed E-state index contributed by atoms with van der Waals surface area (Å²) in [6.07, 6.45) is 3.67. The van der Waals surface area contributed by atoms with Crippen LogP contribution in [0.3, 0.4) is 0 Å². The van der Waals surface area contributed by atoms with E-state index in [0.717, 1.165) is 17.1 Å². The van der Waals surface area contributed by atoms with E-state index in [9.17, 15) is 4.79 Å². The van der Waals surface area contributed by atoms with Crippen LogP contribution in [0.1, 0.15) is 44.7 Å². The first kappa shape index (κ1) is 15.3. The van der Waals surface area contributed by atoms with Gasteiger partial charge in [0.15, 0.2) is 0 Å². The van der Waals surface area contributed by atoms with Gasteiger partial charge < -0.3 is 5.32 Å². The van der Waals surface area contributed by atoms with Gasteiger partial charge in [-0.25, -0.2) is 0 Å². The third kappa shape index (κ3) is 4.22. The Labute approximate surface area is 126 Å². The summed E-state index contributed by atoms with van der Waals surface area (Å²) in [4.78, 5) is 14.4. The lowest BCUT2D eigenvalue weighted by Gasteiger charge is -2.32. The number of carbonyl (C=O) groups excluding carboxylic acids is 1. The number of carbonyl (C=O) groups is 1. The monoisotopic (exact) mass is 294 g/mol. The van der Waals surface area contributed by atoms with E-state index < -0.39 is 0 Å². The van der Waals surface area contributed by atoms with Crippen LogP contribution in [-0.2, 0) is 4.79 Å². The summed E-state index contributed by atoms with van der Waals surface area (Å²) in [7, 11) is 0.